The van der Waals surface area contributed by atoms with Crippen LogP contribution in [0.5, 0.6) is 0 Å². The second-order valence-electron chi connectivity index (χ2n) is 4.40. The van der Waals surface area contributed by atoms with Crippen LogP contribution < -0.4 is 11.6 Å². The van der Waals surface area contributed by atoms with Crippen LogP contribution in [0.25, 0.3) is 0 Å². The molecule has 0 radical (unpaired) electrons. The lowest BCUT2D eigenvalue weighted by Gasteiger charge is -2.20. The highest BCUT2D eigenvalue weighted by molar-refractivity contribution is 6.31. The van der Waals surface area contributed by atoms with Gasteiger partial charge < -0.3 is 11.1 Å². The van der Waals surface area contributed by atoms with Crippen molar-refractivity contribution in [3.8, 4) is 0 Å². The quantitative estimate of drug-likeness (QED) is 0.430. The Bertz CT molecular complexity index is 407. The highest BCUT2D eigenvalue weighted by Gasteiger charge is 2.18. The molecule has 0 fully saturated rings. The Morgan fingerprint density at radius 2 is 2.12 bits per heavy atom. The normalized spacial score (nSPS) is 12.8. The Morgan fingerprint density at radius 3 is 2.59 bits per heavy atom. The summed E-state index contributed by atoms with van der Waals surface area (Å²) in [6.07, 6.45) is 1.65. The summed E-state index contributed by atoms with van der Waals surface area (Å²) in [6, 6.07) is 3.37. The molecule has 1 rings (SSSR count). The average molecular weight is 256 g/mol. The molecule has 1 atom stereocenters. The maximum atomic E-state index is 7.40. The van der Waals surface area contributed by atoms with Crippen LogP contribution >= 0.6 is 11.6 Å². The second-order valence-corrected chi connectivity index (χ2v) is 4.83. The minimum absolute atomic E-state index is 0.299. The van der Waals surface area contributed by atoms with E-state index in [1.807, 2.05) is 0 Å². The third-order valence-corrected chi connectivity index (χ3v) is 2.77. The van der Waals surface area contributed by atoms with Gasteiger partial charge in [0.25, 0.3) is 0 Å². The van der Waals surface area contributed by atoms with Gasteiger partial charge in [0.2, 0.25) is 0 Å². The van der Waals surface area contributed by atoms with Crippen molar-refractivity contribution in [2.24, 2.45) is 11.8 Å². The molecule has 1 unspecified atom stereocenters. The highest BCUT2D eigenvalue weighted by atomic mass is 35.5. The van der Waals surface area contributed by atoms with Gasteiger partial charge in [0.15, 0.2) is 0 Å². The minimum atomic E-state index is -0.299. The molecule has 0 bridgehead atoms. The number of nitrogen functional groups attached to an aromatic ring is 1. The molecule has 0 aliphatic rings. The largest absolute Gasteiger partial charge is 0.398 e. The van der Waals surface area contributed by atoms with Crippen molar-refractivity contribution in [3.05, 3.63) is 28.3 Å². The minimum Gasteiger partial charge on any atom is -0.398 e. The molecular formula is C12H18ClN3O. The topological polar surface area (TPSA) is 85.1 Å². The molecule has 0 amide bonds. The van der Waals surface area contributed by atoms with Crippen molar-refractivity contribution in [2.45, 2.75) is 26.4 Å². The van der Waals surface area contributed by atoms with Crippen LogP contribution in [0.15, 0.2) is 12.1 Å². The molecule has 0 aromatic heterocycles. The molecule has 0 saturated heterocycles. The first-order chi connectivity index (χ1) is 7.99. The van der Waals surface area contributed by atoms with Crippen molar-refractivity contribution in [3.63, 3.8) is 0 Å². The number of anilines is 1. The molecule has 4 nitrogen and oxygen atoms in total. The predicted molar refractivity (Wildman–Crippen MR) is 71.2 cm³/mol. The van der Waals surface area contributed by atoms with Crippen LogP contribution in [0.1, 0.15) is 37.5 Å². The Morgan fingerprint density at radius 1 is 1.47 bits per heavy atom. The average Bonchev–Trinajstić information content (AvgIpc) is 2.24. The number of hydrogen-bond donors (Lipinski definition) is 3. The third kappa shape index (κ3) is 3.43. The summed E-state index contributed by atoms with van der Waals surface area (Å²) in [7, 11) is 0. The fourth-order valence-corrected chi connectivity index (χ4v) is 2.01. The zero-order chi connectivity index (χ0) is 13.0. The third-order valence-electron chi connectivity index (χ3n) is 2.55. The van der Waals surface area contributed by atoms with Crippen LogP contribution in [0, 0.1) is 11.3 Å². The van der Waals surface area contributed by atoms with Gasteiger partial charge in [-0.15, -0.1) is 0 Å². The Kier molecular flexibility index (Phi) is 4.93. The SMILES string of the molecule is CC(C)CC(ON)c1cc(Cl)cc(N)c1C=N. The number of benzene rings is 1. The Labute approximate surface area is 106 Å². The maximum Gasteiger partial charge on any atom is 0.105 e. The summed E-state index contributed by atoms with van der Waals surface area (Å²) < 4.78 is 0. The standard InChI is InChI=1S/C12H18ClN3O/c1-7(2)3-12(17-16)9-4-8(13)5-11(15)10(9)6-14/h4-7,12,14H,3,15-16H2,1-2H3. The van der Waals surface area contributed by atoms with Gasteiger partial charge in [-0.3, -0.25) is 4.84 Å². The zero-order valence-corrected chi connectivity index (χ0v) is 10.8. The molecule has 0 heterocycles. The van der Waals surface area contributed by atoms with Gasteiger partial charge in [-0.05, 0) is 30.0 Å². The van der Waals surface area contributed by atoms with Crippen LogP contribution in [0.4, 0.5) is 5.69 Å². The first-order valence-corrected chi connectivity index (χ1v) is 5.82. The van der Waals surface area contributed by atoms with Crippen LogP contribution in [-0.4, -0.2) is 6.21 Å². The lowest BCUT2D eigenvalue weighted by Crippen LogP contribution is -2.14. The summed E-state index contributed by atoms with van der Waals surface area (Å²) >= 11 is 5.97. The van der Waals surface area contributed by atoms with E-state index in [-0.39, 0.29) is 6.10 Å². The fourth-order valence-electron chi connectivity index (χ4n) is 1.78. The van der Waals surface area contributed by atoms with E-state index in [9.17, 15) is 0 Å². The number of rotatable bonds is 5. The van der Waals surface area contributed by atoms with Gasteiger partial charge >= 0.3 is 0 Å². The van der Waals surface area contributed by atoms with Gasteiger partial charge in [0.1, 0.15) is 6.10 Å². The predicted octanol–water partition coefficient (Wildman–Crippen LogP) is 2.90. The fraction of sp³-hybridized carbons (Fsp3) is 0.417. The van der Waals surface area contributed by atoms with Gasteiger partial charge in [0.05, 0.1) is 0 Å². The van der Waals surface area contributed by atoms with E-state index in [4.69, 9.17) is 33.5 Å². The molecule has 5 N–H and O–H groups in total. The van der Waals surface area contributed by atoms with E-state index in [1.165, 1.54) is 6.21 Å². The Hall–Kier alpha value is -1.10. The van der Waals surface area contributed by atoms with E-state index in [0.717, 1.165) is 12.0 Å². The van der Waals surface area contributed by atoms with Crippen molar-refractivity contribution < 1.29 is 4.84 Å². The van der Waals surface area contributed by atoms with E-state index >= 15 is 0 Å². The number of halogens is 1. The van der Waals surface area contributed by atoms with Crippen molar-refractivity contribution in [1.29, 1.82) is 5.41 Å². The smallest absolute Gasteiger partial charge is 0.105 e. The summed E-state index contributed by atoms with van der Waals surface area (Å²) in [4.78, 5) is 4.98. The molecular weight excluding hydrogens is 238 g/mol. The molecule has 0 saturated carbocycles. The highest BCUT2D eigenvalue weighted by Crippen LogP contribution is 2.31. The molecule has 0 spiro atoms. The van der Waals surface area contributed by atoms with Crippen molar-refractivity contribution in [2.75, 3.05) is 5.73 Å². The van der Waals surface area contributed by atoms with E-state index in [0.29, 0.717) is 22.2 Å². The second kappa shape index (κ2) is 6.00. The van der Waals surface area contributed by atoms with E-state index in [2.05, 4.69) is 13.8 Å². The summed E-state index contributed by atoms with van der Waals surface area (Å²) in [6.45, 7) is 4.15. The lowest BCUT2D eigenvalue weighted by molar-refractivity contribution is 0.0378. The summed E-state index contributed by atoms with van der Waals surface area (Å²) in [5.74, 6) is 5.74. The molecule has 5 heteroatoms. The number of hydrogen-bond acceptors (Lipinski definition) is 4. The molecule has 1 aromatic carbocycles. The van der Waals surface area contributed by atoms with Crippen molar-refractivity contribution >= 4 is 23.5 Å². The lowest BCUT2D eigenvalue weighted by atomic mass is 9.95. The number of nitrogens with two attached hydrogens (primary N) is 2. The zero-order valence-electron chi connectivity index (χ0n) is 10.0. The van der Waals surface area contributed by atoms with E-state index < -0.39 is 0 Å². The summed E-state index contributed by atoms with van der Waals surface area (Å²) in [5.41, 5.74) is 7.67. The van der Waals surface area contributed by atoms with Crippen LogP contribution in [0.2, 0.25) is 5.02 Å². The first kappa shape index (κ1) is 14.0. The summed E-state index contributed by atoms with van der Waals surface area (Å²) in [5, 5.41) is 7.92. The maximum absolute atomic E-state index is 7.40. The van der Waals surface area contributed by atoms with Crippen LogP contribution in [-0.2, 0) is 4.84 Å². The van der Waals surface area contributed by atoms with Gasteiger partial charge in [-0.25, -0.2) is 5.90 Å². The van der Waals surface area contributed by atoms with E-state index in [1.54, 1.807) is 12.1 Å². The molecule has 94 valence electrons. The monoisotopic (exact) mass is 255 g/mol. The van der Waals surface area contributed by atoms with Gasteiger partial charge in [-0.1, -0.05) is 25.4 Å². The molecule has 0 aliphatic heterocycles. The van der Waals surface area contributed by atoms with Crippen LogP contribution in [0.3, 0.4) is 0 Å². The Balaban J connectivity index is 3.21. The van der Waals surface area contributed by atoms with Gasteiger partial charge in [0, 0.05) is 22.5 Å². The molecule has 17 heavy (non-hydrogen) atoms. The van der Waals surface area contributed by atoms with Gasteiger partial charge in [-0.2, -0.15) is 0 Å². The molecule has 0 aliphatic carbocycles. The molecule has 1 aromatic rings. The number of nitrogens with one attached hydrogen (secondary N) is 1. The van der Waals surface area contributed by atoms with Crippen molar-refractivity contribution in [1.82, 2.24) is 0 Å². The first-order valence-electron chi connectivity index (χ1n) is 5.44.